The second-order valence-corrected chi connectivity index (χ2v) is 5.61. The number of sulfonamides is 1. The lowest BCUT2D eigenvalue weighted by molar-refractivity contribution is 0.582. The number of anilines is 1. The number of rotatable bonds is 4. The standard InChI is InChI=1S/C11H13FN2O2S/c1-3-14(17(15,16)9(2)8-13)11-7-5-4-6-10(11)12/h4-7,9H,3H2,1-2H3. The van der Waals surface area contributed by atoms with Crippen molar-refractivity contribution in [2.24, 2.45) is 0 Å². The Bertz CT molecular complexity index is 537. The Kier molecular flexibility index (Phi) is 4.07. The minimum Gasteiger partial charge on any atom is -0.266 e. The van der Waals surface area contributed by atoms with Gasteiger partial charge in [0, 0.05) is 6.54 Å². The van der Waals surface area contributed by atoms with Gasteiger partial charge in [-0.3, -0.25) is 4.31 Å². The highest BCUT2D eigenvalue weighted by Crippen LogP contribution is 2.23. The minimum atomic E-state index is -3.84. The zero-order valence-electron chi connectivity index (χ0n) is 9.59. The van der Waals surface area contributed by atoms with Gasteiger partial charge in [-0.1, -0.05) is 12.1 Å². The maximum atomic E-state index is 13.5. The molecule has 1 atom stereocenters. The van der Waals surface area contributed by atoms with Crippen LogP contribution in [0.15, 0.2) is 24.3 Å². The molecule has 1 unspecified atom stereocenters. The normalized spacial score (nSPS) is 12.8. The summed E-state index contributed by atoms with van der Waals surface area (Å²) in [4.78, 5) is 0. The topological polar surface area (TPSA) is 61.2 Å². The van der Waals surface area contributed by atoms with Crippen LogP contribution >= 0.6 is 0 Å². The van der Waals surface area contributed by atoms with Crippen LogP contribution in [0.25, 0.3) is 0 Å². The second-order valence-electron chi connectivity index (χ2n) is 3.43. The molecular weight excluding hydrogens is 243 g/mol. The molecule has 6 heteroatoms. The summed E-state index contributed by atoms with van der Waals surface area (Å²) >= 11 is 0. The van der Waals surface area contributed by atoms with E-state index in [2.05, 4.69) is 0 Å². The van der Waals surface area contributed by atoms with E-state index in [1.165, 1.54) is 25.1 Å². The molecule has 0 spiro atoms. The molecule has 0 aliphatic heterocycles. The summed E-state index contributed by atoms with van der Waals surface area (Å²) < 4.78 is 38.4. The highest BCUT2D eigenvalue weighted by atomic mass is 32.2. The molecule has 92 valence electrons. The Hall–Kier alpha value is -1.61. The zero-order chi connectivity index (χ0) is 13.1. The SMILES string of the molecule is CCN(c1ccccc1F)S(=O)(=O)C(C)C#N. The summed E-state index contributed by atoms with van der Waals surface area (Å²) in [7, 11) is -3.84. The first-order chi connectivity index (χ1) is 7.95. The van der Waals surface area contributed by atoms with Crippen molar-refractivity contribution in [3.05, 3.63) is 30.1 Å². The average molecular weight is 256 g/mol. The molecule has 1 aromatic rings. The van der Waals surface area contributed by atoms with Crippen molar-refractivity contribution in [3.63, 3.8) is 0 Å². The molecule has 0 aliphatic carbocycles. The first-order valence-electron chi connectivity index (χ1n) is 5.10. The Balaban J connectivity index is 3.28. The smallest absolute Gasteiger partial charge is 0.251 e. The van der Waals surface area contributed by atoms with E-state index in [0.29, 0.717) is 0 Å². The monoisotopic (exact) mass is 256 g/mol. The van der Waals surface area contributed by atoms with Gasteiger partial charge in [-0.05, 0) is 26.0 Å². The van der Waals surface area contributed by atoms with Crippen LogP contribution in [0.5, 0.6) is 0 Å². The molecule has 0 saturated heterocycles. The Labute approximate surface area is 100 Å². The van der Waals surface area contributed by atoms with Crippen LogP contribution in [0.3, 0.4) is 0 Å². The fraction of sp³-hybridized carbons (Fsp3) is 0.364. The summed E-state index contributed by atoms with van der Waals surface area (Å²) in [6.07, 6.45) is 0. The molecule has 1 rings (SSSR count). The van der Waals surface area contributed by atoms with Crippen molar-refractivity contribution in [2.45, 2.75) is 19.1 Å². The highest BCUT2D eigenvalue weighted by molar-refractivity contribution is 7.93. The van der Waals surface area contributed by atoms with Crippen LogP contribution in [-0.4, -0.2) is 20.2 Å². The predicted molar refractivity (Wildman–Crippen MR) is 63.4 cm³/mol. The van der Waals surface area contributed by atoms with Gasteiger partial charge in [0.2, 0.25) is 0 Å². The molecule has 0 N–H and O–H groups in total. The lowest BCUT2D eigenvalue weighted by atomic mass is 10.3. The summed E-state index contributed by atoms with van der Waals surface area (Å²) in [5, 5.41) is 7.48. The average Bonchev–Trinajstić information content (AvgIpc) is 2.31. The third kappa shape index (κ3) is 2.56. The van der Waals surface area contributed by atoms with Gasteiger partial charge in [0.15, 0.2) is 5.25 Å². The van der Waals surface area contributed by atoms with Crippen LogP contribution in [0, 0.1) is 17.1 Å². The van der Waals surface area contributed by atoms with Crippen molar-refractivity contribution in [1.29, 1.82) is 5.26 Å². The Morgan fingerprint density at radius 3 is 2.53 bits per heavy atom. The second kappa shape index (κ2) is 5.15. The molecule has 0 radical (unpaired) electrons. The summed E-state index contributed by atoms with van der Waals surface area (Å²) in [6.45, 7) is 2.95. The molecule has 0 amide bonds. The molecular formula is C11H13FN2O2S. The minimum absolute atomic E-state index is 0.0305. The molecule has 0 aromatic heterocycles. The van der Waals surface area contributed by atoms with E-state index in [1.54, 1.807) is 19.1 Å². The van der Waals surface area contributed by atoms with Gasteiger partial charge in [-0.15, -0.1) is 0 Å². The van der Waals surface area contributed by atoms with E-state index in [9.17, 15) is 12.8 Å². The zero-order valence-corrected chi connectivity index (χ0v) is 10.4. The molecule has 0 aliphatic rings. The third-order valence-corrected chi connectivity index (χ3v) is 4.41. The van der Waals surface area contributed by atoms with Crippen molar-refractivity contribution >= 4 is 15.7 Å². The van der Waals surface area contributed by atoms with Crippen molar-refractivity contribution in [2.75, 3.05) is 10.8 Å². The predicted octanol–water partition coefficient (Wildman–Crippen LogP) is 1.89. The summed E-state index contributed by atoms with van der Waals surface area (Å²) in [5.74, 6) is -0.622. The number of hydrogen-bond acceptors (Lipinski definition) is 3. The molecule has 0 saturated carbocycles. The number of para-hydroxylation sites is 1. The molecule has 17 heavy (non-hydrogen) atoms. The fourth-order valence-electron chi connectivity index (χ4n) is 1.40. The van der Waals surface area contributed by atoms with Crippen LogP contribution in [0.1, 0.15) is 13.8 Å². The van der Waals surface area contributed by atoms with Gasteiger partial charge in [0.25, 0.3) is 10.0 Å². The highest BCUT2D eigenvalue weighted by Gasteiger charge is 2.29. The quantitative estimate of drug-likeness (QED) is 0.826. The molecule has 0 bridgehead atoms. The first-order valence-corrected chi connectivity index (χ1v) is 6.61. The number of nitriles is 1. The molecule has 0 fully saturated rings. The first kappa shape index (κ1) is 13.5. The number of hydrogen-bond donors (Lipinski definition) is 0. The third-order valence-electron chi connectivity index (χ3n) is 2.34. The number of benzene rings is 1. The van der Waals surface area contributed by atoms with E-state index in [4.69, 9.17) is 5.26 Å². The van der Waals surface area contributed by atoms with E-state index < -0.39 is 21.1 Å². The van der Waals surface area contributed by atoms with Crippen LogP contribution in [-0.2, 0) is 10.0 Å². The van der Waals surface area contributed by atoms with Gasteiger partial charge in [0.05, 0.1) is 11.8 Å². The molecule has 4 nitrogen and oxygen atoms in total. The number of nitrogens with zero attached hydrogens (tertiary/aromatic N) is 2. The largest absolute Gasteiger partial charge is 0.266 e. The summed E-state index contributed by atoms with van der Waals surface area (Å²) in [5.41, 5.74) is -0.0305. The van der Waals surface area contributed by atoms with Crippen molar-refractivity contribution in [1.82, 2.24) is 0 Å². The van der Waals surface area contributed by atoms with Crippen LogP contribution in [0.4, 0.5) is 10.1 Å². The van der Waals surface area contributed by atoms with Gasteiger partial charge < -0.3 is 0 Å². The maximum absolute atomic E-state index is 13.5. The molecule has 1 aromatic carbocycles. The van der Waals surface area contributed by atoms with Crippen LogP contribution < -0.4 is 4.31 Å². The Morgan fingerprint density at radius 2 is 2.06 bits per heavy atom. The molecule has 0 heterocycles. The van der Waals surface area contributed by atoms with Gasteiger partial charge in [0.1, 0.15) is 5.82 Å². The fourth-order valence-corrected chi connectivity index (χ4v) is 2.70. The van der Waals surface area contributed by atoms with Crippen LogP contribution in [0.2, 0.25) is 0 Å². The van der Waals surface area contributed by atoms with Gasteiger partial charge >= 0.3 is 0 Å². The van der Waals surface area contributed by atoms with Gasteiger partial charge in [-0.25, -0.2) is 12.8 Å². The van der Waals surface area contributed by atoms with E-state index in [1.807, 2.05) is 0 Å². The Morgan fingerprint density at radius 1 is 1.47 bits per heavy atom. The number of halogens is 1. The maximum Gasteiger partial charge on any atom is 0.251 e. The van der Waals surface area contributed by atoms with Crippen molar-refractivity contribution in [3.8, 4) is 6.07 Å². The summed E-state index contributed by atoms with van der Waals surface area (Å²) in [6, 6.07) is 7.25. The lowest BCUT2D eigenvalue weighted by Crippen LogP contribution is -2.37. The van der Waals surface area contributed by atoms with E-state index >= 15 is 0 Å². The van der Waals surface area contributed by atoms with E-state index in [0.717, 1.165) is 4.31 Å². The van der Waals surface area contributed by atoms with Crippen molar-refractivity contribution < 1.29 is 12.8 Å². The lowest BCUT2D eigenvalue weighted by Gasteiger charge is -2.24. The van der Waals surface area contributed by atoms with Gasteiger partial charge in [-0.2, -0.15) is 5.26 Å². The van der Waals surface area contributed by atoms with E-state index in [-0.39, 0.29) is 12.2 Å².